The number of allylic oxidation sites excluding steroid dienone is 2. The van der Waals surface area contributed by atoms with E-state index in [0.29, 0.717) is 0 Å². The van der Waals surface area contributed by atoms with Crippen LogP contribution in [0.15, 0.2) is 23.9 Å². The van der Waals surface area contributed by atoms with Crippen LogP contribution in [0.1, 0.15) is 0 Å². The van der Waals surface area contributed by atoms with E-state index in [1.807, 2.05) is 0 Å². The van der Waals surface area contributed by atoms with Crippen LogP contribution in [0.3, 0.4) is 0 Å². The number of hydrogen-bond donors (Lipinski definition) is 1. The van der Waals surface area contributed by atoms with Crippen LogP contribution in [0.2, 0.25) is 0 Å². The molecule has 0 saturated heterocycles. The molecule has 0 rings (SSSR count). The molecule has 9 heavy (non-hydrogen) atoms. The van der Waals surface area contributed by atoms with Crippen molar-refractivity contribution in [3.05, 3.63) is 23.9 Å². The monoisotopic (exact) mass is 119 g/mol. The zero-order valence-corrected chi connectivity index (χ0v) is 4.76. The minimum atomic E-state index is 0.0972. The van der Waals surface area contributed by atoms with Crippen LogP contribution >= 0.6 is 0 Å². The van der Waals surface area contributed by atoms with Crippen molar-refractivity contribution in [2.75, 3.05) is 0 Å². The Morgan fingerprint density at radius 3 is 2.11 bits per heavy atom. The molecular formula is C6H5N3. The second kappa shape index (κ2) is 3.29. The van der Waals surface area contributed by atoms with E-state index < -0.39 is 0 Å². The van der Waals surface area contributed by atoms with Crippen LogP contribution in [0.4, 0.5) is 0 Å². The molecule has 3 nitrogen and oxygen atoms in total. The van der Waals surface area contributed by atoms with Crippen molar-refractivity contribution >= 4 is 0 Å². The van der Waals surface area contributed by atoms with Gasteiger partial charge in [-0.05, 0) is 0 Å². The maximum atomic E-state index is 8.22. The molecule has 0 aliphatic carbocycles. The summed E-state index contributed by atoms with van der Waals surface area (Å²) in [7, 11) is 0. The van der Waals surface area contributed by atoms with Crippen molar-refractivity contribution in [3.63, 3.8) is 0 Å². The fraction of sp³-hybridized carbons (Fsp3) is 0. The molecule has 0 aromatic rings. The van der Waals surface area contributed by atoms with E-state index in [2.05, 4.69) is 6.58 Å². The number of rotatable bonds is 1. The smallest absolute Gasteiger partial charge is 0.102 e. The molecule has 0 heterocycles. The third-order valence-corrected chi connectivity index (χ3v) is 0.747. The van der Waals surface area contributed by atoms with Crippen LogP contribution < -0.4 is 5.73 Å². The summed E-state index contributed by atoms with van der Waals surface area (Å²) < 4.78 is 0. The van der Waals surface area contributed by atoms with E-state index in [1.165, 1.54) is 0 Å². The van der Waals surface area contributed by atoms with Gasteiger partial charge in [-0.15, -0.1) is 0 Å². The van der Waals surface area contributed by atoms with Crippen molar-refractivity contribution in [1.82, 2.24) is 0 Å². The van der Waals surface area contributed by atoms with Gasteiger partial charge in [0.05, 0.1) is 17.2 Å². The number of nitriles is 2. The summed E-state index contributed by atoms with van der Waals surface area (Å²) in [5, 5.41) is 16.4. The Morgan fingerprint density at radius 2 is 2.00 bits per heavy atom. The highest BCUT2D eigenvalue weighted by atomic mass is 14.5. The molecule has 0 bridgehead atoms. The van der Waals surface area contributed by atoms with Gasteiger partial charge in [0.15, 0.2) is 0 Å². The molecule has 0 aliphatic rings. The third-order valence-electron chi connectivity index (χ3n) is 0.747. The van der Waals surface area contributed by atoms with Crippen molar-refractivity contribution < 1.29 is 0 Å². The second-order valence-electron chi connectivity index (χ2n) is 1.28. The first-order valence-electron chi connectivity index (χ1n) is 2.17. The lowest BCUT2D eigenvalue weighted by Crippen LogP contribution is -1.87. The first-order chi connectivity index (χ1) is 4.26. The van der Waals surface area contributed by atoms with Gasteiger partial charge in [0.25, 0.3) is 0 Å². The predicted molar refractivity (Wildman–Crippen MR) is 32.6 cm³/mol. The van der Waals surface area contributed by atoms with Crippen LogP contribution in [0.5, 0.6) is 0 Å². The Bertz CT molecular complexity index is 224. The van der Waals surface area contributed by atoms with Crippen molar-refractivity contribution in [1.29, 1.82) is 10.5 Å². The molecule has 0 atom stereocenters. The lowest BCUT2D eigenvalue weighted by Gasteiger charge is -1.85. The van der Waals surface area contributed by atoms with E-state index in [9.17, 15) is 0 Å². The number of nitrogens with two attached hydrogens (primary N) is 1. The number of hydrogen-bond acceptors (Lipinski definition) is 3. The molecule has 44 valence electrons. The Morgan fingerprint density at radius 1 is 1.44 bits per heavy atom. The molecule has 0 spiro atoms. The van der Waals surface area contributed by atoms with Crippen LogP contribution in [0.25, 0.3) is 0 Å². The zero-order valence-electron chi connectivity index (χ0n) is 4.76. The second-order valence-corrected chi connectivity index (χ2v) is 1.28. The van der Waals surface area contributed by atoms with Crippen molar-refractivity contribution in [2.24, 2.45) is 5.73 Å². The van der Waals surface area contributed by atoms with E-state index in [1.54, 1.807) is 12.1 Å². The number of nitrogens with zero attached hydrogens (tertiary/aromatic N) is 2. The standard InChI is InChI=1S/C6H5N3/c1-5(2-7)6(3-8)4-9/h3H,1,8H2. The fourth-order valence-corrected chi connectivity index (χ4v) is 0.266. The Kier molecular flexibility index (Phi) is 2.65. The van der Waals surface area contributed by atoms with Crippen LogP contribution in [-0.2, 0) is 0 Å². The summed E-state index contributed by atoms with van der Waals surface area (Å²) in [5.41, 5.74) is 5.18. The molecule has 0 saturated carbocycles. The summed E-state index contributed by atoms with van der Waals surface area (Å²) in [6.07, 6.45) is 1.06. The van der Waals surface area contributed by atoms with Gasteiger partial charge in [0.2, 0.25) is 0 Å². The van der Waals surface area contributed by atoms with Crippen LogP contribution in [-0.4, -0.2) is 0 Å². The molecule has 0 aliphatic heterocycles. The van der Waals surface area contributed by atoms with E-state index in [4.69, 9.17) is 16.3 Å². The van der Waals surface area contributed by atoms with Gasteiger partial charge >= 0.3 is 0 Å². The molecule has 0 amide bonds. The van der Waals surface area contributed by atoms with Gasteiger partial charge in [0, 0.05) is 6.20 Å². The molecular weight excluding hydrogens is 114 g/mol. The molecule has 3 heteroatoms. The topological polar surface area (TPSA) is 73.6 Å². The van der Waals surface area contributed by atoms with Crippen molar-refractivity contribution in [2.45, 2.75) is 0 Å². The highest BCUT2D eigenvalue weighted by molar-refractivity contribution is 5.47. The van der Waals surface area contributed by atoms with Gasteiger partial charge in [-0.1, -0.05) is 6.58 Å². The first-order valence-corrected chi connectivity index (χ1v) is 2.17. The van der Waals surface area contributed by atoms with Gasteiger partial charge in [-0.3, -0.25) is 0 Å². The average molecular weight is 119 g/mol. The highest BCUT2D eigenvalue weighted by Gasteiger charge is 1.96. The lowest BCUT2D eigenvalue weighted by molar-refractivity contribution is 1.41. The SMILES string of the molecule is C=C(C#N)C(C#N)=CN. The molecule has 0 radical (unpaired) electrons. The quantitative estimate of drug-likeness (QED) is 0.402. The molecule has 0 aromatic carbocycles. The normalized spacial score (nSPS) is 9.33. The zero-order chi connectivity index (χ0) is 7.28. The molecule has 2 N–H and O–H groups in total. The van der Waals surface area contributed by atoms with Crippen molar-refractivity contribution in [3.8, 4) is 12.1 Å². The van der Waals surface area contributed by atoms with E-state index in [-0.39, 0.29) is 11.1 Å². The Labute approximate surface area is 53.3 Å². The predicted octanol–water partition coefficient (Wildman–Crippen LogP) is 0.432. The van der Waals surface area contributed by atoms with Gasteiger partial charge in [0.1, 0.15) is 6.07 Å². The summed E-state index contributed by atoms with van der Waals surface area (Å²) in [6, 6.07) is 3.42. The third kappa shape index (κ3) is 1.67. The Balaban J connectivity index is 4.44. The maximum Gasteiger partial charge on any atom is 0.102 e. The minimum absolute atomic E-state index is 0.0972. The van der Waals surface area contributed by atoms with Gasteiger partial charge in [-0.25, -0.2) is 0 Å². The highest BCUT2D eigenvalue weighted by Crippen LogP contribution is 2.01. The Hall–Kier alpha value is -1.74. The first kappa shape index (κ1) is 7.26. The average Bonchev–Trinajstić information content (AvgIpc) is 1.90. The van der Waals surface area contributed by atoms with E-state index >= 15 is 0 Å². The summed E-state index contributed by atoms with van der Waals surface area (Å²) in [6.45, 7) is 3.28. The molecule has 0 aromatic heterocycles. The molecule has 0 unspecified atom stereocenters. The van der Waals surface area contributed by atoms with Gasteiger partial charge < -0.3 is 5.73 Å². The van der Waals surface area contributed by atoms with Gasteiger partial charge in [-0.2, -0.15) is 10.5 Å². The van der Waals surface area contributed by atoms with E-state index in [0.717, 1.165) is 6.20 Å². The molecule has 0 fully saturated rings. The lowest BCUT2D eigenvalue weighted by atomic mass is 10.2. The fourth-order valence-electron chi connectivity index (χ4n) is 0.266. The maximum absolute atomic E-state index is 8.22. The summed E-state index contributed by atoms with van der Waals surface area (Å²) in [4.78, 5) is 0. The minimum Gasteiger partial charge on any atom is -0.404 e. The van der Waals surface area contributed by atoms with Crippen LogP contribution in [0, 0.1) is 22.7 Å². The largest absolute Gasteiger partial charge is 0.404 e. The summed E-state index contributed by atoms with van der Waals surface area (Å²) in [5.74, 6) is 0. The summed E-state index contributed by atoms with van der Waals surface area (Å²) >= 11 is 0.